The molecule has 0 bridgehead atoms. The molecular formula is C50H79N3O6. The highest BCUT2D eigenvalue weighted by Crippen LogP contribution is 2.54. The molecule has 4 aliphatic carbocycles. The number of carbonyl (C=O) groups is 2. The lowest BCUT2D eigenvalue weighted by Gasteiger charge is -2.39. The van der Waals surface area contributed by atoms with Gasteiger partial charge in [0.15, 0.2) is 0 Å². The topological polar surface area (TPSA) is 169 Å². The van der Waals surface area contributed by atoms with Crippen LogP contribution in [-0.2, 0) is 9.59 Å². The number of H-pyrrole nitrogens is 1. The number of ketones is 1. The van der Waals surface area contributed by atoms with Crippen LogP contribution in [0.4, 0.5) is 0 Å². The molecule has 0 radical (unpaired) electrons. The van der Waals surface area contributed by atoms with E-state index in [9.17, 15) is 30.0 Å². The Morgan fingerprint density at radius 3 is 2.46 bits per heavy atom. The first-order chi connectivity index (χ1) is 28.3. The summed E-state index contributed by atoms with van der Waals surface area (Å²) >= 11 is 0. The molecule has 59 heavy (non-hydrogen) atoms. The Hall–Kier alpha value is -2.88. The quantitative estimate of drug-likeness (QED) is 0.0603. The number of rotatable bonds is 17. The monoisotopic (exact) mass is 818 g/mol. The van der Waals surface area contributed by atoms with E-state index in [0.717, 1.165) is 82.7 Å². The number of aliphatic carboxylic acids is 1. The number of Topliss-reactive ketones (excluding diaryl/α,β-unsaturated/α-hetero) is 1. The number of hydrogen-bond donors (Lipinski definition) is 7. The first-order valence-corrected chi connectivity index (χ1v) is 23.9. The van der Waals surface area contributed by atoms with Gasteiger partial charge in [-0.3, -0.25) is 9.59 Å². The summed E-state index contributed by atoms with van der Waals surface area (Å²) in [6.45, 7) is 7.57. The minimum atomic E-state index is -1.03. The van der Waals surface area contributed by atoms with E-state index in [4.69, 9.17) is 5.73 Å². The van der Waals surface area contributed by atoms with Crippen molar-refractivity contribution in [3.8, 4) is 0 Å². The lowest BCUT2D eigenvalue weighted by atomic mass is 9.69. The second-order valence-electron chi connectivity index (χ2n) is 20.2. The summed E-state index contributed by atoms with van der Waals surface area (Å²) < 4.78 is 0. The van der Waals surface area contributed by atoms with Gasteiger partial charge in [0.25, 0.3) is 0 Å². The molecule has 330 valence electrons. The summed E-state index contributed by atoms with van der Waals surface area (Å²) in [6.07, 6.45) is 27.4. The van der Waals surface area contributed by atoms with Crippen molar-refractivity contribution in [3.05, 3.63) is 59.2 Å². The zero-order chi connectivity index (χ0) is 42.1. The number of aromatic amines is 1. The molecule has 12 atom stereocenters. The maximum absolute atomic E-state index is 13.0. The number of dihydropyridines is 1. The van der Waals surface area contributed by atoms with Gasteiger partial charge >= 0.3 is 5.97 Å². The second-order valence-corrected chi connectivity index (χ2v) is 20.2. The van der Waals surface area contributed by atoms with Crippen molar-refractivity contribution in [2.45, 2.75) is 185 Å². The summed E-state index contributed by atoms with van der Waals surface area (Å²) in [6, 6.07) is 2.33. The van der Waals surface area contributed by atoms with E-state index in [-0.39, 0.29) is 42.1 Å². The molecule has 2 heterocycles. The van der Waals surface area contributed by atoms with E-state index in [1.54, 1.807) is 0 Å². The van der Waals surface area contributed by atoms with Crippen LogP contribution in [-0.4, -0.2) is 61.5 Å². The molecule has 3 fully saturated rings. The number of fused-ring (bicyclic) bond motifs is 1. The predicted molar refractivity (Wildman–Crippen MR) is 235 cm³/mol. The van der Waals surface area contributed by atoms with Crippen molar-refractivity contribution < 1.29 is 30.0 Å². The van der Waals surface area contributed by atoms with Crippen molar-refractivity contribution in [2.24, 2.45) is 53.1 Å². The van der Waals surface area contributed by atoms with Gasteiger partial charge in [-0.15, -0.1) is 0 Å². The van der Waals surface area contributed by atoms with Crippen LogP contribution in [0, 0.1) is 47.3 Å². The number of carboxylic acids is 1. The Morgan fingerprint density at radius 2 is 1.73 bits per heavy atom. The van der Waals surface area contributed by atoms with Crippen LogP contribution < -0.4 is 11.1 Å². The molecule has 12 unspecified atom stereocenters. The number of unbranched alkanes of at least 4 members (excludes halogenated alkanes) is 3. The number of nitrogens with one attached hydrogen (secondary N) is 2. The second kappa shape index (κ2) is 21.3. The molecule has 5 aliphatic rings. The van der Waals surface area contributed by atoms with E-state index in [1.807, 2.05) is 6.08 Å². The third kappa shape index (κ3) is 12.2. The van der Waals surface area contributed by atoms with E-state index in [2.05, 4.69) is 61.6 Å². The van der Waals surface area contributed by atoms with E-state index >= 15 is 0 Å². The number of allylic oxidation sites excluding steroid dienone is 3. The highest BCUT2D eigenvalue weighted by molar-refractivity contribution is 5.79. The number of aromatic nitrogens is 1. The van der Waals surface area contributed by atoms with Gasteiger partial charge in [-0.25, -0.2) is 0 Å². The van der Waals surface area contributed by atoms with E-state index in [0.29, 0.717) is 73.9 Å². The molecule has 0 aromatic carbocycles. The maximum Gasteiger partial charge on any atom is 0.309 e. The zero-order valence-corrected chi connectivity index (χ0v) is 36.6. The van der Waals surface area contributed by atoms with Crippen LogP contribution in [0.2, 0.25) is 0 Å². The van der Waals surface area contributed by atoms with Crippen LogP contribution in [0.5, 0.6) is 0 Å². The summed E-state index contributed by atoms with van der Waals surface area (Å²) in [5.41, 5.74) is 8.72. The van der Waals surface area contributed by atoms with Crippen LogP contribution in [0.3, 0.4) is 0 Å². The molecule has 0 spiro atoms. The third-order valence-corrected chi connectivity index (χ3v) is 15.9. The first-order valence-electron chi connectivity index (χ1n) is 23.9. The van der Waals surface area contributed by atoms with Gasteiger partial charge in [0.05, 0.1) is 29.5 Å². The smallest absolute Gasteiger partial charge is 0.309 e. The van der Waals surface area contributed by atoms with Crippen molar-refractivity contribution in [3.63, 3.8) is 0 Å². The number of aliphatic hydroxyl groups is 3. The third-order valence-electron chi connectivity index (χ3n) is 15.9. The minimum Gasteiger partial charge on any atom is -0.481 e. The fourth-order valence-electron chi connectivity index (χ4n) is 12.4. The Bertz CT molecular complexity index is 1610. The molecule has 9 heteroatoms. The number of carbonyl (C=O) groups excluding carboxylic acids is 1. The average molecular weight is 818 g/mol. The lowest BCUT2D eigenvalue weighted by Crippen LogP contribution is -2.42. The first kappa shape index (κ1) is 45.6. The van der Waals surface area contributed by atoms with Gasteiger partial charge in [0.2, 0.25) is 0 Å². The molecule has 0 saturated heterocycles. The van der Waals surface area contributed by atoms with E-state index in [1.165, 1.54) is 30.4 Å². The van der Waals surface area contributed by atoms with Gasteiger partial charge in [0.1, 0.15) is 5.78 Å². The fraction of sp³-hybridized carbons (Fsp3) is 0.760. The lowest BCUT2D eigenvalue weighted by molar-refractivity contribution is -0.150. The summed E-state index contributed by atoms with van der Waals surface area (Å²) in [7, 11) is 0. The Kier molecular flexibility index (Phi) is 16.5. The summed E-state index contributed by atoms with van der Waals surface area (Å²) in [4.78, 5) is 28.7. The molecular weight excluding hydrogens is 739 g/mol. The molecule has 6 rings (SSSR count). The number of nitrogens with two attached hydrogens (primary N) is 1. The predicted octanol–water partition coefficient (Wildman–Crippen LogP) is 9.41. The Morgan fingerprint density at radius 1 is 0.966 bits per heavy atom. The normalized spacial score (nSPS) is 34.3. The van der Waals surface area contributed by atoms with Crippen molar-refractivity contribution in [1.29, 1.82) is 0 Å². The van der Waals surface area contributed by atoms with Crippen molar-refractivity contribution >= 4 is 11.8 Å². The molecule has 1 aliphatic heterocycles. The molecule has 0 amide bonds. The van der Waals surface area contributed by atoms with Crippen LogP contribution in [0.15, 0.2) is 48.0 Å². The van der Waals surface area contributed by atoms with Gasteiger partial charge in [-0.1, -0.05) is 71.1 Å². The SMILES string of the molecule is CCCCCC1C=CC(CCCCC2CCC(c3cc(C(C)CC(C)C4CCC(=O)CC4)c[nH]3)C3CC(CC4=CCNC(N)=C4)CC3(O)CCC(O)C2C(=O)O)C(O)C1. The van der Waals surface area contributed by atoms with Gasteiger partial charge in [-0.2, -0.15) is 0 Å². The highest BCUT2D eigenvalue weighted by atomic mass is 16.4. The van der Waals surface area contributed by atoms with E-state index < -0.39 is 23.6 Å². The molecule has 8 N–H and O–H groups in total. The van der Waals surface area contributed by atoms with Crippen molar-refractivity contribution in [1.82, 2.24) is 10.3 Å². The number of carboxylic acid groups (broad SMARTS) is 1. The van der Waals surface area contributed by atoms with Gasteiger partial charge in [-0.05, 0) is 155 Å². The maximum atomic E-state index is 13.0. The summed E-state index contributed by atoms with van der Waals surface area (Å²) in [5.74, 6) is 1.36. The molecule has 9 nitrogen and oxygen atoms in total. The van der Waals surface area contributed by atoms with Gasteiger partial charge in [0, 0.05) is 43.1 Å². The minimum absolute atomic E-state index is 0.0235. The standard InChI is InChI=1S/C50H79N3O6/c1-4-5-6-9-34-12-13-38(46(56)27-34)10-7-8-11-39-16-19-42(44-29-40(31-53-44)33(3)24-32(2)37-14-17-41(54)18-15-37)43-26-36(25-35-21-23-52-47(51)28-35)30-50(43,59)22-20-45(55)48(39)49(57)58/h12-13,21,28-29,31-34,36-39,42-43,45-46,48,52-53,55-56,59H,4-11,14-20,22-27,30,51H2,1-3H3,(H,57,58). The molecule has 3 saturated carbocycles. The van der Waals surface area contributed by atoms with Crippen LogP contribution in [0.25, 0.3) is 0 Å². The number of aliphatic hydroxyl groups excluding tert-OH is 2. The Labute approximate surface area is 355 Å². The zero-order valence-electron chi connectivity index (χ0n) is 36.6. The summed E-state index contributed by atoms with van der Waals surface area (Å²) in [5, 5.41) is 49.2. The largest absolute Gasteiger partial charge is 0.481 e. The van der Waals surface area contributed by atoms with Crippen LogP contribution in [0.1, 0.15) is 179 Å². The average Bonchev–Trinajstić information content (AvgIpc) is 3.81. The van der Waals surface area contributed by atoms with Gasteiger partial charge < -0.3 is 36.5 Å². The highest BCUT2D eigenvalue weighted by Gasteiger charge is 2.51. The fourth-order valence-corrected chi connectivity index (χ4v) is 12.4. The number of hydrogen-bond acceptors (Lipinski definition) is 7. The molecule has 1 aromatic heterocycles. The molecule has 1 aromatic rings. The van der Waals surface area contributed by atoms with Crippen molar-refractivity contribution in [2.75, 3.05) is 6.54 Å². The Balaban J connectivity index is 1.18. The van der Waals surface area contributed by atoms with Crippen LogP contribution >= 0.6 is 0 Å².